The third-order valence-corrected chi connectivity index (χ3v) is 6.17. The zero-order valence-corrected chi connectivity index (χ0v) is 17.6. The second-order valence-electron chi connectivity index (χ2n) is 7.89. The number of hydrogen-bond acceptors (Lipinski definition) is 2. The Balaban J connectivity index is 1.42. The molecular weight excluding hydrogens is 382 g/mol. The first kappa shape index (κ1) is 20.0. The van der Waals surface area contributed by atoms with E-state index in [1.54, 1.807) is 0 Å². The molecule has 152 valence electrons. The predicted octanol–water partition coefficient (Wildman–Crippen LogP) is 5.38. The number of H-pyrrole nitrogens is 1. The molecule has 1 saturated carbocycles. The lowest BCUT2D eigenvalue weighted by Gasteiger charge is -2.37. The van der Waals surface area contributed by atoms with Crippen LogP contribution in [0.1, 0.15) is 48.7 Å². The molecule has 1 fully saturated rings. The molecule has 0 aliphatic heterocycles. The fourth-order valence-corrected chi connectivity index (χ4v) is 4.67. The van der Waals surface area contributed by atoms with Crippen LogP contribution in [0, 0.1) is 0 Å². The van der Waals surface area contributed by atoms with Gasteiger partial charge in [0, 0.05) is 41.1 Å². The highest BCUT2D eigenvalue weighted by atomic mass is 35.5. The summed E-state index contributed by atoms with van der Waals surface area (Å²) in [7, 11) is 0. The number of aromatic amines is 1. The van der Waals surface area contributed by atoms with E-state index in [0.717, 1.165) is 54.7 Å². The summed E-state index contributed by atoms with van der Waals surface area (Å²) >= 11 is 6.10. The minimum atomic E-state index is 0.101. The monoisotopic (exact) mass is 409 g/mol. The normalized spacial score (nSPS) is 19.4. The molecule has 1 amide bonds. The van der Waals surface area contributed by atoms with Crippen molar-refractivity contribution in [1.29, 1.82) is 0 Å². The first-order chi connectivity index (χ1) is 14.1. The summed E-state index contributed by atoms with van der Waals surface area (Å²) < 4.78 is 0. The van der Waals surface area contributed by atoms with Crippen molar-refractivity contribution in [2.45, 2.75) is 51.2 Å². The number of amides is 1. The van der Waals surface area contributed by atoms with Gasteiger partial charge >= 0.3 is 0 Å². The predicted molar refractivity (Wildman–Crippen MR) is 119 cm³/mol. The smallest absolute Gasteiger partial charge is 0.270 e. The highest BCUT2D eigenvalue weighted by Gasteiger charge is 2.29. The number of carbonyl (C=O) groups is 1. The third-order valence-electron chi connectivity index (χ3n) is 5.93. The van der Waals surface area contributed by atoms with Crippen LogP contribution in [0.3, 0.4) is 0 Å². The van der Waals surface area contributed by atoms with Crippen molar-refractivity contribution >= 4 is 28.4 Å². The molecule has 0 bridgehead atoms. The minimum Gasteiger partial charge on any atom is -0.351 e. The van der Waals surface area contributed by atoms with Gasteiger partial charge in [-0.05, 0) is 62.4 Å². The number of benzene rings is 2. The Morgan fingerprint density at radius 3 is 2.83 bits per heavy atom. The minimum absolute atomic E-state index is 0.101. The molecule has 3 aromatic rings. The molecule has 1 aromatic heterocycles. The standard InChI is InChI=1S/C24H28ClN3O/c1-2-28(24(29)23-14-18-8-3-4-12-22(18)27-23)21-11-6-10-20(15-21)26-16-17-7-5-9-19(25)13-17/h3-5,7-9,12-14,20-21,26-27H,2,6,10-11,15-16H2,1H3/t20-,21?/m1/s1. The maximum absolute atomic E-state index is 13.2. The van der Waals surface area contributed by atoms with E-state index in [1.165, 1.54) is 5.56 Å². The number of para-hydroxylation sites is 1. The van der Waals surface area contributed by atoms with Gasteiger partial charge < -0.3 is 15.2 Å². The summed E-state index contributed by atoms with van der Waals surface area (Å²) in [5.74, 6) is 0.101. The number of hydrogen-bond donors (Lipinski definition) is 2. The number of carbonyl (C=O) groups excluding carboxylic acids is 1. The van der Waals surface area contributed by atoms with Gasteiger partial charge in [0.1, 0.15) is 5.69 Å². The Kier molecular flexibility index (Phi) is 6.22. The average Bonchev–Trinajstić information content (AvgIpc) is 3.17. The van der Waals surface area contributed by atoms with Crippen LogP contribution in [0.15, 0.2) is 54.6 Å². The number of fused-ring (bicyclic) bond motifs is 1. The van der Waals surface area contributed by atoms with Crippen LogP contribution in [-0.2, 0) is 6.54 Å². The van der Waals surface area contributed by atoms with Crippen LogP contribution in [0.5, 0.6) is 0 Å². The lowest BCUT2D eigenvalue weighted by molar-refractivity contribution is 0.0623. The van der Waals surface area contributed by atoms with E-state index in [2.05, 4.69) is 23.3 Å². The van der Waals surface area contributed by atoms with Gasteiger partial charge in [0.25, 0.3) is 5.91 Å². The molecule has 29 heavy (non-hydrogen) atoms. The van der Waals surface area contributed by atoms with Gasteiger partial charge in [-0.3, -0.25) is 4.79 Å². The third kappa shape index (κ3) is 4.65. The van der Waals surface area contributed by atoms with E-state index < -0.39 is 0 Å². The molecule has 2 N–H and O–H groups in total. The zero-order valence-electron chi connectivity index (χ0n) is 16.8. The van der Waals surface area contributed by atoms with Gasteiger partial charge in [-0.1, -0.05) is 41.9 Å². The maximum Gasteiger partial charge on any atom is 0.270 e. The Labute approximate surface area is 177 Å². The second-order valence-corrected chi connectivity index (χ2v) is 8.33. The Bertz CT molecular complexity index is 950. The molecule has 5 heteroatoms. The molecule has 2 atom stereocenters. The van der Waals surface area contributed by atoms with Crippen LogP contribution in [-0.4, -0.2) is 34.4 Å². The summed E-state index contributed by atoms with van der Waals surface area (Å²) in [6, 6.07) is 18.7. The zero-order chi connectivity index (χ0) is 20.2. The second kappa shape index (κ2) is 9.02. The van der Waals surface area contributed by atoms with Crippen LogP contribution in [0.2, 0.25) is 5.02 Å². The summed E-state index contributed by atoms with van der Waals surface area (Å²) in [5, 5.41) is 5.52. The number of nitrogens with one attached hydrogen (secondary N) is 2. The first-order valence-corrected chi connectivity index (χ1v) is 10.9. The van der Waals surface area contributed by atoms with Crippen LogP contribution < -0.4 is 5.32 Å². The summed E-state index contributed by atoms with van der Waals surface area (Å²) in [6.07, 6.45) is 4.33. The van der Waals surface area contributed by atoms with Gasteiger partial charge in [0.15, 0.2) is 0 Å². The van der Waals surface area contributed by atoms with Crippen molar-refractivity contribution in [2.75, 3.05) is 6.54 Å². The van der Waals surface area contributed by atoms with E-state index >= 15 is 0 Å². The van der Waals surface area contributed by atoms with Crippen molar-refractivity contribution in [2.24, 2.45) is 0 Å². The molecule has 1 heterocycles. The molecule has 1 unspecified atom stereocenters. The quantitative estimate of drug-likeness (QED) is 0.573. The summed E-state index contributed by atoms with van der Waals surface area (Å²) in [4.78, 5) is 18.6. The van der Waals surface area contributed by atoms with Crippen LogP contribution in [0.25, 0.3) is 10.9 Å². The van der Waals surface area contributed by atoms with Crippen LogP contribution in [0.4, 0.5) is 0 Å². The van der Waals surface area contributed by atoms with E-state index in [1.807, 2.05) is 53.4 Å². The fourth-order valence-electron chi connectivity index (χ4n) is 4.45. The molecule has 2 aromatic carbocycles. The Morgan fingerprint density at radius 1 is 1.17 bits per heavy atom. The molecule has 1 aliphatic rings. The number of rotatable bonds is 6. The van der Waals surface area contributed by atoms with E-state index in [0.29, 0.717) is 11.7 Å². The molecule has 0 spiro atoms. The number of halogens is 1. The average molecular weight is 410 g/mol. The number of nitrogens with zero attached hydrogens (tertiary/aromatic N) is 1. The first-order valence-electron chi connectivity index (χ1n) is 10.5. The van der Waals surface area contributed by atoms with Crippen molar-refractivity contribution in [3.05, 3.63) is 70.9 Å². The SMILES string of the molecule is CCN(C(=O)c1cc2ccccc2[nH]1)C1CCC[C@@H](NCc2cccc(Cl)c2)C1. The van der Waals surface area contributed by atoms with Crippen molar-refractivity contribution < 1.29 is 4.79 Å². The molecule has 4 rings (SSSR count). The van der Waals surface area contributed by atoms with Crippen molar-refractivity contribution in [1.82, 2.24) is 15.2 Å². The van der Waals surface area contributed by atoms with Crippen LogP contribution >= 0.6 is 11.6 Å². The molecule has 1 aliphatic carbocycles. The van der Waals surface area contributed by atoms with Crippen molar-refractivity contribution in [3.63, 3.8) is 0 Å². The van der Waals surface area contributed by atoms with Gasteiger partial charge in [0.05, 0.1) is 0 Å². The lowest BCUT2D eigenvalue weighted by atomic mass is 9.89. The van der Waals surface area contributed by atoms with Gasteiger partial charge in [-0.25, -0.2) is 0 Å². The Morgan fingerprint density at radius 2 is 2.03 bits per heavy atom. The number of aromatic nitrogens is 1. The lowest BCUT2D eigenvalue weighted by Crippen LogP contribution is -2.46. The van der Waals surface area contributed by atoms with E-state index in [-0.39, 0.29) is 11.9 Å². The van der Waals surface area contributed by atoms with Crippen molar-refractivity contribution in [3.8, 4) is 0 Å². The van der Waals surface area contributed by atoms with Gasteiger partial charge in [-0.15, -0.1) is 0 Å². The summed E-state index contributed by atoms with van der Waals surface area (Å²) in [6.45, 7) is 3.60. The van der Waals surface area contributed by atoms with E-state index in [4.69, 9.17) is 11.6 Å². The molecule has 0 saturated heterocycles. The highest BCUT2D eigenvalue weighted by Crippen LogP contribution is 2.26. The van der Waals surface area contributed by atoms with Gasteiger partial charge in [-0.2, -0.15) is 0 Å². The van der Waals surface area contributed by atoms with Gasteiger partial charge in [0.2, 0.25) is 0 Å². The molecule has 0 radical (unpaired) electrons. The molecule has 4 nitrogen and oxygen atoms in total. The van der Waals surface area contributed by atoms with E-state index in [9.17, 15) is 4.79 Å². The maximum atomic E-state index is 13.2. The highest BCUT2D eigenvalue weighted by molar-refractivity contribution is 6.30. The largest absolute Gasteiger partial charge is 0.351 e. The Hall–Kier alpha value is -2.30. The fraction of sp³-hybridized carbons (Fsp3) is 0.375. The topological polar surface area (TPSA) is 48.1 Å². The molecular formula is C24H28ClN3O. The summed E-state index contributed by atoms with van der Waals surface area (Å²) in [5.41, 5.74) is 2.89.